The van der Waals surface area contributed by atoms with E-state index in [1.54, 1.807) is 31.5 Å². The van der Waals surface area contributed by atoms with E-state index in [0.717, 1.165) is 16.7 Å². The zero-order valence-electron chi connectivity index (χ0n) is 13.2. The summed E-state index contributed by atoms with van der Waals surface area (Å²) in [7, 11) is -3.07. The van der Waals surface area contributed by atoms with E-state index >= 15 is 0 Å². The van der Waals surface area contributed by atoms with Crippen molar-refractivity contribution in [2.45, 2.75) is 13.8 Å². The summed E-state index contributed by atoms with van der Waals surface area (Å²) in [4.78, 5) is 16.1. The molecule has 6 heteroatoms. The molecule has 23 heavy (non-hydrogen) atoms. The van der Waals surface area contributed by atoms with E-state index in [2.05, 4.69) is 10.3 Å². The molecule has 0 spiro atoms. The van der Waals surface area contributed by atoms with Crippen LogP contribution in [0.5, 0.6) is 0 Å². The molecule has 0 fully saturated rings. The van der Waals surface area contributed by atoms with Crippen molar-refractivity contribution in [1.29, 1.82) is 0 Å². The minimum atomic E-state index is -3.07. The highest BCUT2D eigenvalue weighted by molar-refractivity contribution is 7.91. The van der Waals surface area contributed by atoms with Gasteiger partial charge in [-0.25, -0.2) is 8.42 Å². The molecule has 0 unspecified atom stereocenters. The van der Waals surface area contributed by atoms with Crippen molar-refractivity contribution in [2.75, 3.05) is 18.1 Å². The third kappa shape index (κ3) is 4.63. The van der Waals surface area contributed by atoms with Crippen LogP contribution in [0.1, 0.15) is 22.8 Å². The molecule has 2 aromatic rings. The largest absolute Gasteiger partial charge is 0.351 e. The van der Waals surface area contributed by atoms with Crippen LogP contribution in [0.15, 0.2) is 42.7 Å². The van der Waals surface area contributed by atoms with Crippen LogP contribution in [0.3, 0.4) is 0 Å². The van der Waals surface area contributed by atoms with Gasteiger partial charge >= 0.3 is 0 Å². The molecule has 5 nitrogen and oxygen atoms in total. The van der Waals surface area contributed by atoms with Crippen molar-refractivity contribution >= 4 is 15.7 Å². The Bertz CT molecular complexity index is 784. The lowest BCUT2D eigenvalue weighted by Gasteiger charge is -2.08. The average Bonchev–Trinajstić information content (AvgIpc) is 2.55. The highest BCUT2D eigenvalue weighted by Crippen LogP contribution is 2.22. The van der Waals surface area contributed by atoms with Crippen molar-refractivity contribution < 1.29 is 13.2 Å². The van der Waals surface area contributed by atoms with Crippen molar-refractivity contribution in [3.63, 3.8) is 0 Å². The first kappa shape index (κ1) is 17.1. The second-order valence-electron chi connectivity index (χ2n) is 5.26. The maximum atomic E-state index is 12.0. The zero-order chi connectivity index (χ0) is 16.9. The lowest BCUT2D eigenvalue weighted by atomic mass is 10.0. The number of aryl methyl sites for hydroxylation is 1. The van der Waals surface area contributed by atoms with Gasteiger partial charge in [0.1, 0.15) is 0 Å². The van der Waals surface area contributed by atoms with E-state index < -0.39 is 9.84 Å². The maximum Gasteiger partial charge on any atom is 0.251 e. The van der Waals surface area contributed by atoms with E-state index in [1.807, 2.05) is 25.1 Å². The first-order chi connectivity index (χ1) is 10.9. The zero-order valence-corrected chi connectivity index (χ0v) is 14.1. The Morgan fingerprint density at radius 1 is 1.17 bits per heavy atom. The SMILES string of the molecule is CCS(=O)(=O)CCNC(=O)c1ccc(-c2ccncc2C)cc1. The molecule has 0 radical (unpaired) electrons. The van der Waals surface area contributed by atoms with E-state index in [1.165, 1.54) is 0 Å². The molecule has 0 aliphatic heterocycles. The minimum Gasteiger partial charge on any atom is -0.351 e. The number of hydrogen-bond donors (Lipinski definition) is 1. The highest BCUT2D eigenvalue weighted by Gasteiger charge is 2.10. The molecule has 0 bridgehead atoms. The van der Waals surface area contributed by atoms with Gasteiger partial charge in [-0.3, -0.25) is 9.78 Å². The Balaban J connectivity index is 2.02. The van der Waals surface area contributed by atoms with Crippen LogP contribution >= 0.6 is 0 Å². The van der Waals surface area contributed by atoms with Gasteiger partial charge in [-0.2, -0.15) is 0 Å². The highest BCUT2D eigenvalue weighted by atomic mass is 32.2. The molecule has 1 amide bonds. The quantitative estimate of drug-likeness (QED) is 0.880. The fraction of sp³-hybridized carbons (Fsp3) is 0.294. The summed E-state index contributed by atoms with van der Waals surface area (Å²) in [5.74, 6) is -0.221. The Morgan fingerprint density at radius 3 is 2.48 bits per heavy atom. The van der Waals surface area contributed by atoms with Crippen LogP contribution in [-0.2, 0) is 9.84 Å². The smallest absolute Gasteiger partial charge is 0.251 e. The molecular formula is C17H20N2O3S. The summed E-state index contributed by atoms with van der Waals surface area (Å²) >= 11 is 0. The monoisotopic (exact) mass is 332 g/mol. The number of nitrogens with zero attached hydrogens (tertiary/aromatic N) is 1. The molecule has 0 atom stereocenters. The molecule has 1 N–H and O–H groups in total. The van der Waals surface area contributed by atoms with Crippen molar-refractivity contribution in [2.24, 2.45) is 0 Å². The number of hydrogen-bond acceptors (Lipinski definition) is 4. The molecule has 0 aliphatic rings. The van der Waals surface area contributed by atoms with Crippen LogP contribution in [0.25, 0.3) is 11.1 Å². The van der Waals surface area contributed by atoms with Crippen LogP contribution in [0.2, 0.25) is 0 Å². The van der Waals surface area contributed by atoms with Gasteiger partial charge in [0.15, 0.2) is 9.84 Å². The van der Waals surface area contributed by atoms with E-state index in [-0.39, 0.29) is 24.0 Å². The maximum absolute atomic E-state index is 12.0. The summed E-state index contributed by atoms with van der Waals surface area (Å²) in [6, 6.07) is 9.15. The second-order valence-corrected chi connectivity index (χ2v) is 7.73. The summed E-state index contributed by atoms with van der Waals surface area (Å²) in [6.07, 6.45) is 3.53. The number of amides is 1. The fourth-order valence-electron chi connectivity index (χ4n) is 2.16. The number of benzene rings is 1. The van der Waals surface area contributed by atoms with Gasteiger partial charge in [0.25, 0.3) is 5.91 Å². The predicted octanol–water partition coefficient (Wildman–Crippen LogP) is 2.22. The number of sulfone groups is 1. The lowest BCUT2D eigenvalue weighted by molar-refractivity contribution is 0.0956. The minimum absolute atomic E-state index is 0.0382. The molecule has 1 aromatic heterocycles. The van der Waals surface area contributed by atoms with Gasteiger partial charge in [-0.05, 0) is 41.8 Å². The molecule has 0 saturated heterocycles. The number of pyridine rings is 1. The second kappa shape index (κ2) is 7.37. The number of aromatic nitrogens is 1. The van der Waals surface area contributed by atoms with Gasteiger partial charge in [-0.15, -0.1) is 0 Å². The topological polar surface area (TPSA) is 76.1 Å². The van der Waals surface area contributed by atoms with Crippen molar-refractivity contribution in [3.8, 4) is 11.1 Å². The van der Waals surface area contributed by atoms with Gasteiger partial charge in [0, 0.05) is 30.3 Å². The van der Waals surface area contributed by atoms with Crippen LogP contribution in [0, 0.1) is 6.92 Å². The molecule has 1 heterocycles. The van der Waals surface area contributed by atoms with Gasteiger partial charge in [-0.1, -0.05) is 19.1 Å². The fourth-order valence-corrected chi connectivity index (χ4v) is 2.87. The molecule has 0 saturated carbocycles. The molecule has 122 valence electrons. The average molecular weight is 332 g/mol. The van der Waals surface area contributed by atoms with E-state index in [4.69, 9.17) is 0 Å². The Morgan fingerprint density at radius 2 is 1.87 bits per heavy atom. The predicted molar refractivity (Wildman–Crippen MR) is 91.1 cm³/mol. The molecule has 0 aliphatic carbocycles. The summed E-state index contributed by atoms with van der Waals surface area (Å²) in [5.41, 5.74) is 3.65. The normalized spacial score (nSPS) is 11.2. The van der Waals surface area contributed by atoms with Gasteiger partial charge in [0.05, 0.1) is 5.75 Å². The Hall–Kier alpha value is -2.21. The molecular weight excluding hydrogens is 312 g/mol. The Labute approximate surface area is 136 Å². The van der Waals surface area contributed by atoms with Crippen molar-refractivity contribution in [3.05, 3.63) is 53.9 Å². The van der Waals surface area contributed by atoms with E-state index in [9.17, 15) is 13.2 Å². The van der Waals surface area contributed by atoms with Crippen LogP contribution in [-0.4, -0.2) is 37.4 Å². The van der Waals surface area contributed by atoms with Crippen LogP contribution < -0.4 is 5.32 Å². The van der Waals surface area contributed by atoms with Crippen LogP contribution in [0.4, 0.5) is 0 Å². The summed E-state index contributed by atoms with van der Waals surface area (Å²) in [6.45, 7) is 3.70. The molecule has 1 aromatic carbocycles. The summed E-state index contributed by atoms with van der Waals surface area (Å²) in [5, 5.41) is 2.63. The van der Waals surface area contributed by atoms with E-state index in [0.29, 0.717) is 5.56 Å². The number of rotatable bonds is 6. The number of carbonyl (C=O) groups excluding carboxylic acids is 1. The third-order valence-corrected chi connectivity index (χ3v) is 5.32. The first-order valence-electron chi connectivity index (χ1n) is 7.42. The first-order valence-corrected chi connectivity index (χ1v) is 9.25. The number of carbonyl (C=O) groups is 1. The van der Waals surface area contributed by atoms with Crippen molar-refractivity contribution in [1.82, 2.24) is 10.3 Å². The molecule has 2 rings (SSSR count). The van der Waals surface area contributed by atoms with Gasteiger partial charge < -0.3 is 5.32 Å². The number of nitrogens with one attached hydrogen (secondary N) is 1. The Kier molecular flexibility index (Phi) is 5.50. The third-order valence-electron chi connectivity index (χ3n) is 3.62. The standard InChI is InChI=1S/C17H20N2O3S/c1-3-23(21,22)11-10-19-17(20)15-6-4-14(5-7-15)16-8-9-18-12-13(16)2/h4-9,12H,3,10-11H2,1-2H3,(H,19,20). The summed E-state index contributed by atoms with van der Waals surface area (Å²) < 4.78 is 22.8. The lowest BCUT2D eigenvalue weighted by Crippen LogP contribution is -2.29. The van der Waals surface area contributed by atoms with Gasteiger partial charge in [0.2, 0.25) is 0 Å².